The van der Waals surface area contributed by atoms with Crippen LogP contribution in [-0.4, -0.2) is 14.6 Å². The minimum absolute atomic E-state index is 0.690. The number of benzene rings is 1. The van der Waals surface area contributed by atoms with Gasteiger partial charge < -0.3 is 5.73 Å². The van der Waals surface area contributed by atoms with Crippen LogP contribution in [0.1, 0.15) is 5.56 Å². The number of rotatable bonds is 1. The molecule has 0 radical (unpaired) electrons. The zero-order chi connectivity index (χ0) is 12.7. The van der Waals surface area contributed by atoms with E-state index < -0.39 is 0 Å². The summed E-state index contributed by atoms with van der Waals surface area (Å²) >= 11 is 5.88. The van der Waals surface area contributed by atoms with E-state index in [0.29, 0.717) is 10.7 Å². The Morgan fingerprint density at radius 3 is 2.61 bits per heavy atom. The fraction of sp³-hybridized carbons (Fsp3) is 0.0769. The van der Waals surface area contributed by atoms with Crippen molar-refractivity contribution in [2.24, 2.45) is 0 Å². The quantitative estimate of drug-likeness (QED) is 0.730. The molecular formula is C13H11ClN4. The second-order valence-corrected chi connectivity index (χ2v) is 4.62. The summed E-state index contributed by atoms with van der Waals surface area (Å²) in [5, 5.41) is 9.09. The van der Waals surface area contributed by atoms with E-state index in [2.05, 4.69) is 10.2 Å². The van der Waals surface area contributed by atoms with E-state index in [4.69, 9.17) is 17.3 Å². The van der Waals surface area contributed by atoms with Crippen molar-refractivity contribution < 1.29 is 0 Å². The van der Waals surface area contributed by atoms with Crippen LogP contribution in [0.25, 0.3) is 17.0 Å². The molecule has 0 unspecified atom stereocenters. The minimum Gasteiger partial charge on any atom is -0.398 e. The number of aromatic nitrogens is 3. The highest BCUT2D eigenvalue weighted by Gasteiger charge is 2.10. The molecule has 0 bridgehead atoms. The average Bonchev–Trinajstić information content (AvgIpc) is 2.74. The Labute approximate surface area is 109 Å². The molecule has 0 aliphatic rings. The summed E-state index contributed by atoms with van der Waals surface area (Å²) in [6.07, 6.45) is 1.83. The molecule has 2 N–H and O–H groups in total. The number of nitrogens with two attached hydrogens (primary N) is 1. The molecular weight excluding hydrogens is 248 g/mol. The van der Waals surface area contributed by atoms with Crippen molar-refractivity contribution in [3.05, 3.63) is 47.1 Å². The Bertz CT molecular complexity index is 716. The predicted molar refractivity (Wildman–Crippen MR) is 72.6 cm³/mol. The molecule has 0 aliphatic heterocycles. The van der Waals surface area contributed by atoms with E-state index in [-0.39, 0.29) is 0 Å². The predicted octanol–water partition coefficient (Wildman–Crippen LogP) is 2.94. The first-order valence-corrected chi connectivity index (χ1v) is 5.90. The lowest BCUT2D eigenvalue weighted by Crippen LogP contribution is -1.95. The lowest BCUT2D eigenvalue weighted by atomic mass is 10.2. The highest BCUT2D eigenvalue weighted by atomic mass is 35.5. The van der Waals surface area contributed by atoms with Gasteiger partial charge in [-0.15, -0.1) is 10.2 Å². The number of halogens is 1. The number of hydrogen-bond acceptors (Lipinski definition) is 3. The van der Waals surface area contributed by atoms with Crippen molar-refractivity contribution in [2.75, 3.05) is 5.73 Å². The third kappa shape index (κ3) is 1.71. The van der Waals surface area contributed by atoms with E-state index in [1.807, 2.05) is 47.9 Å². The zero-order valence-corrected chi connectivity index (χ0v) is 10.5. The Morgan fingerprint density at radius 1 is 1.17 bits per heavy atom. The Balaban J connectivity index is 2.27. The van der Waals surface area contributed by atoms with E-state index in [1.54, 1.807) is 0 Å². The van der Waals surface area contributed by atoms with Crippen LogP contribution in [0, 0.1) is 6.92 Å². The molecule has 90 valence electrons. The van der Waals surface area contributed by atoms with E-state index in [1.165, 1.54) is 0 Å². The lowest BCUT2D eigenvalue weighted by Gasteiger charge is -2.03. The maximum atomic E-state index is 5.88. The van der Waals surface area contributed by atoms with Crippen LogP contribution in [0.5, 0.6) is 0 Å². The standard InChI is InChI=1S/C13H11ClN4/c1-8-6-11(15)7-18-12(8)16-17-13(18)9-2-4-10(14)5-3-9/h2-7H,15H2,1H3. The highest BCUT2D eigenvalue weighted by Crippen LogP contribution is 2.22. The molecule has 0 fully saturated rings. The molecule has 4 nitrogen and oxygen atoms in total. The molecule has 0 atom stereocenters. The molecule has 0 saturated heterocycles. The van der Waals surface area contributed by atoms with Gasteiger partial charge in [0.2, 0.25) is 0 Å². The summed E-state index contributed by atoms with van der Waals surface area (Å²) in [6, 6.07) is 9.37. The number of aryl methyl sites for hydroxylation is 1. The summed E-state index contributed by atoms with van der Waals surface area (Å²) in [6.45, 7) is 1.96. The van der Waals surface area contributed by atoms with Gasteiger partial charge in [0.05, 0.1) is 0 Å². The van der Waals surface area contributed by atoms with E-state index in [0.717, 1.165) is 22.6 Å². The van der Waals surface area contributed by atoms with Gasteiger partial charge >= 0.3 is 0 Å². The molecule has 1 aromatic carbocycles. The molecule has 0 spiro atoms. The normalized spacial score (nSPS) is 11.0. The Morgan fingerprint density at radius 2 is 1.89 bits per heavy atom. The van der Waals surface area contributed by atoms with Crippen molar-refractivity contribution in [2.45, 2.75) is 6.92 Å². The van der Waals surface area contributed by atoms with Crippen LogP contribution >= 0.6 is 11.6 Å². The average molecular weight is 259 g/mol. The van der Waals surface area contributed by atoms with Gasteiger partial charge in [-0.3, -0.25) is 4.40 Å². The summed E-state index contributed by atoms with van der Waals surface area (Å²) in [4.78, 5) is 0. The van der Waals surface area contributed by atoms with Crippen LogP contribution in [0.3, 0.4) is 0 Å². The second-order valence-electron chi connectivity index (χ2n) is 4.18. The summed E-state index contributed by atoms with van der Waals surface area (Å²) in [5.74, 6) is 0.761. The van der Waals surface area contributed by atoms with Crippen LogP contribution in [-0.2, 0) is 0 Å². The van der Waals surface area contributed by atoms with Crippen LogP contribution < -0.4 is 5.73 Å². The first kappa shape index (κ1) is 11.0. The maximum absolute atomic E-state index is 5.88. The minimum atomic E-state index is 0.690. The first-order valence-electron chi connectivity index (χ1n) is 5.52. The fourth-order valence-corrected chi connectivity index (χ4v) is 2.11. The Hall–Kier alpha value is -2.07. The van der Waals surface area contributed by atoms with Crippen LogP contribution in [0.4, 0.5) is 5.69 Å². The number of hydrogen-bond donors (Lipinski definition) is 1. The van der Waals surface area contributed by atoms with Crippen molar-refractivity contribution >= 4 is 22.9 Å². The summed E-state index contributed by atoms with van der Waals surface area (Å²) in [7, 11) is 0. The van der Waals surface area contributed by atoms with Crippen molar-refractivity contribution in [1.29, 1.82) is 0 Å². The molecule has 0 aliphatic carbocycles. The lowest BCUT2D eigenvalue weighted by molar-refractivity contribution is 1.11. The van der Waals surface area contributed by atoms with Gasteiger partial charge in [0.15, 0.2) is 11.5 Å². The smallest absolute Gasteiger partial charge is 0.168 e. The third-order valence-corrected chi connectivity index (χ3v) is 3.06. The van der Waals surface area contributed by atoms with Gasteiger partial charge in [-0.25, -0.2) is 0 Å². The van der Waals surface area contributed by atoms with Gasteiger partial charge in [-0.2, -0.15) is 0 Å². The zero-order valence-electron chi connectivity index (χ0n) is 9.76. The molecule has 2 aromatic heterocycles. The van der Waals surface area contributed by atoms with Gasteiger partial charge in [0.1, 0.15) is 0 Å². The number of pyridine rings is 1. The number of nitrogen functional groups attached to an aromatic ring is 1. The molecule has 3 rings (SSSR count). The highest BCUT2D eigenvalue weighted by molar-refractivity contribution is 6.30. The molecule has 0 amide bonds. The second kappa shape index (κ2) is 3.99. The van der Waals surface area contributed by atoms with E-state index >= 15 is 0 Å². The number of nitrogens with zero attached hydrogens (tertiary/aromatic N) is 3. The molecule has 3 aromatic rings. The maximum Gasteiger partial charge on any atom is 0.168 e. The van der Waals surface area contributed by atoms with Gasteiger partial charge in [0, 0.05) is 22.5 Å². The summed E-state index contributed by atoms with van der Waals surface area (Å²) in [5.41, 5.74) is 9.32. The fourth-order valence-electron chi connectivity index (χ4n) is 1.98. The largest absolute Gasteiger partial charge is 0.398 e. The van der Waals surface area contributed by atoms with Crippen molar-refractivity contribution in [1.82, 2.24) is 14.6 Å². The number of fused-ring (bicyclic) bond motifs is 1. The molecule has 0 saturated carbocycles. The van der Waals surface area contributed by atoms with Crippen LogP contribution in [0.2, 0.25) is 5.02 Å². The monoisotopic (exact) mass is 258 g/mol. The topological polar surface area (TPSA) is 56.2 Å². The molecule has 18 heavy (non-hydrogen) atoms. The summed E-state index contributed by atoms with van der Waals surface area (Å²) < 4.78 is 1.90. The third-order valence-electron chi connectivity index (χ3n) is 2.81. The van der Waals surface area contributed by atoms with Crippen LogP contribution in [0.15, 0.2) is 36.5 Å². The van der Waals surface area contributed by atoms with Gasteiger partial charge in [0.25, 0.3) is 0 Å². The SMILES string of the molecule is Cc1cc(N)cn2c(-c3ccc(Cl)cc3)nnc12. The first-order chi connectivity index (χ1) is 8.65. The van der Waals surface area contributed by atoms with E-state index in [9.17, 15) is 0 Å². The molecule has 5 heteroatoms. The van der Waals surface area contributed by atoms with Crippen molar-refractivity contribution in [3.63, 3.8) is 0 Å². The van der Waals surface area contributed by atoms with Gasteiger partial charge in [-0.1, -0.05) is 11.6 Å². The molecule has 2 heterocycles. The number of anilines is 1. The van der Waals surface area contributed by atoms with Crippen molar-refractivity contribution in [3.8, 4) is 11.4 Å². The Kier molecular flexibility index (Phi) is 2.45. The van der Waals surface area contributed by atoms with Gasteiger partial charge in [-0.05, 0) is 42.8 Å².